The maximum absolute atomic E-state index is 12.3. The van der Waals surface area contributed by atoms with Gasteiger partial charge in [0.05, 0.1) is 5.75 Å². The number of thioether (sulfide) groups is 1. The number of nitrogens with zero attached hydrogens (tertiary/aromatic N) is 1. The van der Waals surface area contributed by atoms with E-state index in [1.165, 1.54) is 18.0 Å². The SMILES string of the molecule is O=C1CCCc2cc(C(=O)CSc3cccc[n+]3[O-])ccc2N1. The van der Waals surface area contributed by atoms with Crippen LogP contribution in [-0.4, -0.2) is 17.4 Å². The number of nitrogens with one attached hydrogen (secondary N) is 1. The van der Waals surface area contributed by atoms with Crippen LogP contribution in [-0.2, 0) is 11.2 Å². The molecule has 1 amide bonds. The van der Waals surface area contributed by atoms with Crippen molar-refractivity contribution in [3.63, 3.8) is 0 Å². The summed E-state index contributed by atoms with van der Waals surface area (Å²) in [4.78, 5) is 23.9. The Morgan fingerprint density at radius 2 is 2.13 bits per heavy atom. The van der Waals surface area contributed by atoms with Gasteiger partial charge in [-0.2, -0.15) is 4.73 Å². The molecule has 118 valence electrons. The fraction of sp³-hybridized carbons (Fsp3) is 0.235. The highest BCUT2D eigenvalue weighted by Gasteiger charge is 2.16. The number of hydrogen-bond acceptors (Lipinski definition) is 4. The number of ketones is 1. The van der Waals surface area contributed by atoms with E-state index in [2.05, 4.69) is 5.32 Å². The molecule has 0 spiro atoms. The molecule has 0 unspecified atom stereocenters. The van der Waals surface area contributed by atoms with Crippen LogP contribution in [0, 0.1) is 5.21 Å². The maximum atomic E-state index is 12.3. The van der Waals surface area contributed by atoms with Gasteiger partial charge < -0.3 is 10.5 Å². The Labute approximate surface area is 138 Å². The van der Waals surface area contributed by atoms with Crippen LogP contribution < -0.4 is 10.0 Å². The van der Waals surface area contributed by atoms with Crippen molar-refractivity contribution < 1.29 is 14.3 Å². The molecule has 3 rings (SSSR count). The summed E-state index contributed by atoms with van der Waals surface area (Å²) in [6.07, 6.45) is 3.48. The van der Waals surface area contributed by atoms with Gasteiger partial charge in [0.1, 0.15) is 0 Å². The Morgan fingerprint density at radius 3 is 2.96 bits per heavy atom. The third-order valence-electron chi connectivity index (χ3n) is 3.69. The van der Waals surface area contributed by atoms with Gasteiger partial charge in [0.2, 0.25) is 5.91 Å². The Bertz CT molecular complexity index is 761. The minimum absolute atomic E-state index is 0.0162. The first-order valence-corrected chi connectivity index (χ1v) is 8.39. The van der Waals surface area contributed by atoms with Crippen molar-refractivity contribution in [3.8, 4) is 0 Å². The number of carbonyl (C=O) groups excluding carboxylic acids is 2. The van der Waals surface area contributed by atoms with E-state index in [1.54, 1.807) is 30.3 Å². The smallest absolute Gasteiger partial charge is 0.251 e. The molecule has 0 saturated heterocycles. The molecular weight excluding hydrogens is 312 g/mol. The molecule has 1 aliphatic heterocycles. The minimum Gasteiger partial charge on any atom is -0.618 e. The summed E-state index contributed by atoms with van der Waals surface area (Å²) in [6.45, 7) is 0. The third kappa shape index (κ3) is 3.71. The van der Waals surface area contributed by atoms with Crippen molar-refractivity contribution in [3.05, 3.63) is 58.9 Å². The number of rotatable bonds is 4. The van der Waals surface area contributed by atoms with E-state index in [1.807, 2.05) is 6.07 Å². The lowest BCUT2D eigenvalue weighted by Crippen LogP contribution is -2.28. The molecule has 0 atom stereocenters. The zero-order chi connectivity index (χ0) is 16.2. The topological polar surface area (TPSA) is 73.1 Å². The van der Waals surface area contributed by atoms with Crippen molar-refractivity contribution in [2.45, 2.75) is 24.3 Å². The number of fused-ring (bicyclic) bond motifs is 1. The number of benzene rings is 1. The molecule has 23 heavy (non-hydrogen) atoms. The molecule has 1 aliphatic rings. The van der Waals surface area contributed by atoms with Crippen molar-refractivity contribution in [1.29, 1.82) is 0 Å². The lowest BCUT2D eigenvalue weighted by molar-refractivity contribution is -0.645. The normalized spacial score (nSPS) is 13.8. The molecule has 0 fully saturated rings. The lowest BCUT2D eigenvalue weighted by Gasteiger charge is -2.09. The van der Waals surface area contributed by atoms with Gasteiger partial charge in [0.15, 0.2) is 12.0 Å². The van der Waals surface area contributed by atoms with Crippen molar-refractivity contribution in [2.24, 2.45) is 0 Å². The molecule has 1 N–H and O–H groups in total. The van der Waals surface area contributed by atoms with Gasteiger partial charge in [-0.15, -0.1) is 0 Å². The Morgan fingerprint density at radius 1 is 1.26 bits per heavy atom. The van der Waals surface area contributed by atoms with Crippen LogP contribution in [0.2, 0.25) is 0 Å². The predicted molar refractivity (Wildman–Crippen MR) is 88.5 cm³/mol. The number of anilines is 1. The summed E-state index contributed by atoms with van der Waals surface area (Å²) in [5, 5.41) is 14.9. The van der Waals surface area contributed by atoms with E-state index < -0.39 is 0 Å². The second-order valence-electron chi connectivity index (χ2n) is 5.35. The van der Waals surface area contributed by atoms with Gasteiger partial charge in [-0.25, -0.2) is 0 Å². The summed E-state index contributed by atoms with van der Waals surface area (Å²) in [5.41, 5.74) is 2.39. The van der Waals surface area contributed by atoms with Gasteiger partial charge in [-0.1, -0.05) is 0 Å². The zero-order valence-corrected chi connectivity index (χ0v) is 13.3. The number of aromatic nitrogens is 1. The first-order valence-electron chi connectivity index (χ1n) is 7.40. The van der Waals surface area contributed by atoms with E-state index in [9.17, 15) is 14.8 Å². The quantitative estimate of drug-likeness (QED) is 0.405. The third-order valence-corrected chi connectivity index (χ3v) is 4.71. The Balaban J connectivity index is 1.72. The highest BCUT2D eigenvalue weighted by atomic mass is 32.2. The van der Waals surface area contributed by atoms with Gasteiger partial charge in [-0.3, -0.25) is 9.59 Å². The van der Waals surface area contributed by atoms with E-state index in [0.29, 0.717) is 17.0 Å². The number of carbonyl (C=O) groups is 2. The molecule has 5 nitrogen and oxygen atoms in total. The second-order valence-corrected chi connectivity index (χ2v) is 6.35. The largest absolute Gasteiger partial charge is 0.618 e. The number of Topliss-reactive ketones (excluding diaryl/α,β-unsaturated/α-hetero) is 1. The number of amides is 1. The van der Waals surface area contributed by atoms with Crippen molar-refractivity contribution in [1.82, 2.24) is 0 Å². The molecule has 0 aliphatic carbocycles. The summed E-state index contributed by atoms with van der Waals surface area (Å²) in [7, 11) is 0. The van der Waals surface area contributed by atoms with Gasteiger partial charge in [0, 0.05) is 29.8 Å². The minimum atomic E-state index is -0.0303. The van der Waals surface area contributed by atoms with Crippen LogP contribution in [0.3, 0.4) is 0 Å². The number of hydrogen-bond donors (Lipinski definition) is 1. The number of aryl methyl sites for hydroxylation is 1. The first kappa shape index (κ1) is 15.6. The molecular formula is C17H16N2O3S. The summed E-state index contributed by atoms with van der Waals surface area (Å²) in [6, 6.07) is 10.5. The zero-order valence-electron chi connectivity index (χ0n) is 12.5. The highest BCUT2D eigenvalue weighted by Crippen LogP contribution is 2.24. The summed E-state index contributed by atoms with van der Waals surface area (Å²) >= 11 is 1.22. The van der Waals surface area contributed by atoms with Crippen LogP contribution in [0.25, 0.3) is 0 Å². The Hall–Kier alpha value is -2.34. The van der Waals surface area contributed by atoms with Gasteiger partial charge in [0.25, 0.3) is 5.03 Å². The number of pyridine rings is 1. The van der Waals surface area contributed by atoms with E-state index in [-0.39, 0.29) is 17.4 Å². The van der Waals surface area contributed by atoms with E-state index in [4.69, 9.17) is 0 Å². The van der Waals surface area contributed by atoms with Crippen LogP contribution in [0.15, 0.2) is 47.6 Å². The molecule has 0 radical (unpaired) electrons. The average molecular weight is 328 g/mol. The summed E-state index contributed by atoms with van der Waals surface area (Å²) < 4.78 is 0.754. The van der Waals surface area contributed by atoms with Crippen LogP contribution >= 0.6 is 11.8 Å². The fourth-order valence-corrected chi connectivity index (χ4v) is 3.30. The molecule has 0 bridgehead atoms. The van der Waals surface area contributed by atoms with Crippen LogP contribution in [0.4, 0.5) is 5.69 Å². The van der Waals surface area contributed by atoms with Gasteiger partial charge in [-0.05, 0) is 54.4 Å². The van der Waals surface area contributed by atoms with Crippen molar-refractivity contribution in [2.75, 3.05) is 11.1 Å². The molecule has 0 saturated carbocycles. The standard InChI is InChI=1S/C17H16N2O3S/c20-15(11-23-17-6-1-2-9-19(17)22)13-7-8-14-12(10-13)4-3-5-16(21)18-14/h1-2,6-10H,3-5,11H2,(H,18,21). The second kappa shape index (κ2) is 6.83. The monoisotopic (exact) mass is 328 g/mol. The Kier molecular flexibility index (Phi) is 4.62. The molecule has 2 heterocycles. The first-order chi connectivity index (χ1) is 11.1. The van der Waals surface area contributed by atoms with E-state index >= 15 is 0 Å². The molecule has 2 aromatic rings. The molecule has 1 aromatic carbocycles. The van der Waals surface area contributed by atoms with Crippen LogP contribution in [0.1, 0.15) is 28.8 Å². The lowest BCUT2D eigenvalue weighted by atomic mass is 10.0. The molecule has 1 aromatic heterocycles. The molecule has 6 heteroatoms. The highest BCUT2D eigenvalue weighted by molar-refractivity contribution is 7.99. The maximum Gasteiger partial charge on any atom is 0.251 e. The summed E-state index contributed by atoms with van der Waals surface area (Å²) in [5.74, 6) is 0.192. The average Bonchev–Trinajstić information content (AvgIpc) is 2.73. The van der Waals surface area contributed by atoms with Crippen molar-refractivity contribution >= 4 is 29.1 Å². The fourth-order valence-electron chi connectivity index (χ4n) is 2.50. The predicted octanol–water partition coefficient (Wildman–Crippen LogP) is 2.57. The van der Waals surface area contributed by atoms with E-state index in [0.717, 1.165) is 28.8 Å². The van der Waals surface area contributed by atoms with Crippen LogP contribution in [0.5, 0.6) is 0 Å². The van der Waals surface area contributed by atoms with Gasteiger partial charge >= 0.3 is 0 Å².